The van der Waals surface area contributed by atoms with Crippen LogP contribution in [0.5, 0.6) is 0 Å². The molecule has 2 radical (unpaired) electrons. The lowest BCUT2D eigenvalue weighted by Crippen LogP contribution is -2.11. The van der Waals surface area contributed by atoms with Gasteiger partial charge in [0, 0.05) is 0 Å². The van der Waals surface area contributed by atoms with Crippen molar-refractivity contribution in [3.05, 3.63) is 18.2 Å². The summed E-state index contributed by atoms with van der Waals surface area (Å²) in [4.78, 5) is 2.91. The Balaban J connectivity index is 3.02. The van der Waals surface area contributed by atoms with Crippen molar-refractivity contribution in [1.82, 2.24) is 9.55 Å². The van der Waals surface area contributed by atoms with Crippen LogP contribution in [-0.2, 0) is 13.0 Å². The first kappa shape index (κ1) is 8.03. The summed E-state index contributed by atoms with van der Waals surface area (Å²) in [6.07, 6.45) is -1.24. The zero-order valence-corrected chi connectivity index (χ0v) is 5.11. The highest BCUT2D eigenvalue weighted by atomic mass is 19.4. The van der Waals surface area contributed by atoms with Crippen molar-refractivity contribution in [1.29, 1.82) is 0 Å². The van der Waals surface area contributed by atoms with Crippen molar-refractivity contribution in [2.75, 3.05) is 0 Å². The molecule has 0 aliphatic heterocycles. The van der Waals surface area contributed by atoms with E-state index in [0.29, 0.717) is 0 Å². The summed E-state index contributed by atoms with van der Waals surface area (Å²) < 4.78 is 47.3. The molecule has 0 fully saturated rings. The van der Waals surface area contributed by atoms with Crippen LogP contribution < -0.4 is 0 Å². The van der Waals surface area contributed by atoms with Gasteiger partial charge in [-0.3, -0.25) is 4.57 Å². The van der Waals surface area contributed by atoms with E-state index < -0.39 is 18.7 Å². The Hall–Kier alpha value is -1.07. The Labute approximate surface area is 59.5 Å². The van der Waals surface area contributed by atoms with Gasteiger partial charge in [-0.2, -0.15) is 13.2 Å². The molecule has 0 saturated heterocycles. The lowest BCUT2D eigenvalue weighted by Gasteiger charge is -2.05. The number of imidazole rings is 1. The van der Waals surface area contributed by atoms with E-state index in [1.165, 1.54) is 0 Å². The molecule has 1 aromatic rings. The molecule has 0 aliphatic rings. The topological polar surface area (TPSA) is 17.8 Å². The van der Waals surface area contributed by atoms with Crippen LogP contribution in [0.1, 0.15) is 5.69 Å². The fraction of sp³-hybridized carbons (Fsp3) is 0.400. The van der Waals surface area contributed by atoms with Crippen LogP contribution in [0.15, 0.2) is 0 Å². The summed E-state index contributed by atoms with van der Waals surface area (Å²) >= 11 is 0. The predicted molar refractivity (Wildman–Crippen MR) is 26.0 cm³/mol. The van der Waals surface area contributed by atoms with Gasteiger partial charge in [0.1, 0.15) is 6.20 Å². The summed E-state index contributed by atoms with van der Waals surface area (Å²) in [5.74, 6) is 0. The molecule has 0 aliphatic carbocycles. The van der Waals surface area contributed by atoms with Crippen molar-refractivity contribution >= 4 is 0 Å². The van der Waals surface area contributed by atoms with Crippen molar-refractivity contribution in [2.45, 2.75) is 13.0 Å². The Kier molecular flexibility index (Phi) is 1.84. The van der Waals surface area contributed by atoms with Gasteiger partial charge in [0.2, 0.25) is 0 Å². The van der Waals surface area contributed by atoms with Crippen LogP contribution in [0.25, 0.3) is 0 Å². The first-order chi connectivity index (χ1) is 5.05. The molecular formula is C5H2F4N2. The number of aromatic nitrogens is 2. The maximum absolute atomic E-state index is 11.8. The molecule has 60 valence electrons. The number of hydrogen-bond acceptors (Lipinski definition) is 1. The Morgan fingerprint density at radius 2 is 2.09 bits per heavy atom. The van der Waals surface area contributed by atoms with Gasteiger partial charge < -0.3 is 0 Å². The quantitative estimate of drug-likeness (QED) is 0.577. The van der Waals surface area contributed by atoms with Gasteiger partial charge in [-0.25, -0.2) is 9.37 Å². The monoisotopic (exact) mass is 166 g/mol. The Morgan fingerprint density at radius 1 is 1.45 bits per heavy atom. The van der Waals surface area contributed by atoms with Gasteiger partial charge in [0.25, 0.3) is 0 Å². The second kappa shape index (κ2) is 2.52. The third kappa shape index (κ3) is 1.50. The zero-order chi connectivity index (χ0) is 8.48. The Morgan fingerprint density at radius 3 is 2.45 bits per heavy atom. The van der Waals surface area contributed by atoms with E-state index in [2.05, 4.69) is 4.98 Å². The van der Waals surface area contributed by atoms with E-state index in [1.807, 2.05) is 0 Å². The molecule has 1 heterocycles. The molecule has 0 atom stereocenters. The van der Waals surface area contributed by atoms with E-state index >= 15 is 0 Å². The van der Waals surface area contributed by atoms with Crippen LogP contribution in [-0.4, -0.2) is 9.55 Å². The van der Waals surface area contributed by atoms with E-state index in [9.17, 15) is 17.6 Å². The van der Waals surface area contributed by atoms with Gasteiger partial charge in [-0.15, -0.1) is 0 Å². The highest BCUT2D eigenvalue weighted by Gasteiger charge is 2.35. The number of rotatable bonds is 1. The molecular weight excluding hydrogens is 164 g/mol. The summed E-state index contributed by atoms with van der Waals surface area (Å²) in [6.45, 7) is -1.30. The van der Waals surface area contributed by atoms with Crippen LogP contribution in [0.3, 0.4) is 0 Å². The van der Waals surface area contributed by atoms with Crippen LogP contribution in [0, 0.1) is 12.5 Å². The molecule has 0 amide bonds. The van der Waals surface area contributed by atoms with Gasteiger partial charge in [-0.05, 0) is 0 Å². The van der Waals surface area contributed by atoms with E-state index in [4.69, 9.17) is 0 Å². The molecule has 0 unspecified atom stereocenters. The summed E-state index contributed by atoms with van der Waals surface area (Å²) in [6, 6.07) is 0. The lowest BCUT2D eigenvalue weighted by molar-refractivity contribution is -0.144. The van der Waals surface area contributed by atoms with Crippen molar-refractivity contribution < 1.29 is 17.6 Å². The number of alkyl halides is 4. The third-order valence-electron chi connectivity index (χ3n) is 0.990. The SMILES string of the molecule is FCn1[c]n[c]c1C(F)(F)F. The summed E-state index contributed by atoms with van der Waals surface area (Å²) in [5.41, 5.74) is -1.25. The fourth-order valence-corrected chi connectivity index (χ4v) is 0.552. The minimum absolute atomic E-state index is 0.208. The summed E-state index contributed by atoms with van der Waals surface area (Å²) in [7, 11) is 0. The molecule has 0 saturated carbocycles. The molecule has 1 rings (SSSR count). The normalized spacial score (nSPS) is 12.0. The fourth-order valence-electron chi connectivity index (χ4n) is 0.552. The van der Waals surface area contributed by atoms with E-state index in [-0.39, 0.29) is 4.57 Å². The summed E-state index contributed by atoms with van der Waals surface area (Å²) in [5, 5.41) is 0. The molecule has 2 nitrogen and oxygen atoms in total. The molecule has 11 heavy (non-hydrogen) atoms. The standard InChI is InChI=1S/C5H2F4N2/c6-2-11-3-10-1-4(11)5(7,8)9/h2H2. The van der Waals surface area contributed by atoms with Gasteiger partial charge >= 0.3 is 6.18 Å². The molecule has 0 spiro atoms. The number of hydrogen-bond donors (Lipinski definition) is 0. The van der Waals surface area contributed by atoms with Crippen LogP contribution in [0.2, 0.25) is 0 Å². The average Bonchev–Trinajstić information content (AvgIpc) is 2.31. The first-order valence-corrected chi connectivity index (χ1v) is 2.54. The molecule has 0 N–H and O–H groups in total. The smallest absolute Gasteiger partial charge is 0.288 e. The highest BCUT2D eigenvalue weighted by Crippen LogP contribution is 2.28. The zero-order valence-electron chi connectivity index (χ0n) is 5.11. The highest BCUT2D eigenvalue weighted by molar-refractivity contribution is 4.99. The predicted octanol–water partition coefficient (Wildman–Crippen LogP) is 1.43. The van der Waals surface area contributed by atoms with Gasteiger partial charge in [0.05, 0.1) is 0 Å². The second-order valence-electron chi connectivity index (χ2n) is 1.72. The van der Waals surface area contributed by atoms with Gasteiger partial charge in [-0.1, -0.05) is 0 Å². The maximum atomic E-state index is 11.8. The lowest BCUT2D eigenvalue weighted by atomic mass is 10.5. The van der Waals surface area contributed by atoms with Crippen molar-refractivity contribution in [3.8, 4) is 0 Å². The second-order valence-corrected chi connectivity index (χ2v) is 1.72. The average molecular weight is 166 g/mol. The van der Waals surface area contributed by atoms with Crippen molar-refractivity contribution in [2.24, 2.45) is 0 Å². The molecule has 0 aromatic carbocycles. The van der Waals surface area contributed by atoms with Crippen molar-refractivity contribution in [3.63, 3.8) is 0 Å². The molecule has 1 aromatic heterocycles. The van der Waals surface area contributed by atoms with Crippen LogP contribution >= 0.6 is 0 Å². The molecule has 6 heteroatoms. The van der Waals surface area contributed by atoms with Crippen LogP contribution in [0.4, 0.5) is 17.6 Å². The Bertz CT molecular complexity index is 239. The number of halogens is 4. The van der Waals surface area contributed by atoms with E-state index in [1.54, 1.807) is 12.5 Å². The minimum atomic E-state index is -4.61. The third-order valence-corrected chi connectivity index (χ3v) is 0.990. The largest absolute Gasteiger partial charge is 0.433 e. The number of nitrogens with zero attached hydrogens (tertiary/aromatic N) is 2. The maximum Gasteiger partial charge on any atom is 0.433 e. The first-order valence-electron chi connectivity index (χ1n) is 2.54. The van der Waals surface area contributed by atoms with Gasteiger partial charge in [0.15, 0.2) is 18.8 Å². The molecule has 0 bridgehead atoms. The van der Waals surface area contributed by atoms with E-state index in [0.717, 1.165) is 0 Å². The minimum Gasteiger partial charge on any atom is -0.288 e.